The Morgan fingerprint density at radius 1 is 0.686 bits per heavy atom. The second kappa shape index (κ2) is 26.9. The number of nitro benzene ring substituents is 1. The third-order valence-electron chi connectivity index (χ3n) is 10.6. The van der Waals surface area contributed by atoms with Crippen molar-refractivity contribution >= 4 is 47.2 Å². The lowest BCUT2D eigenvalue weighted by Gasteiger charge is -2.36. The van der Waals surface area contributed by atoms with E-state index in [1.165, 1.54) is 6.92 Å². The van der Waals surface area contributed by atoms with E-state index in [1.54, 1.807) is 27.7 Å². The zero-order valence-electron chi connectivity index (χ0n) is 39.9. The van der Waals surface area contributed by atoms with Crippen LogP contribution in [0.1, 0.15) is 100 Å². The number of alkyl carbamates (subject to hydrolysis) is 1. The molecule has 5 N–H and O–H groups in total. The van der Waals surface area contributed by atoms with Crippen LogP contribution in [0.2, 0.25) is 0 Å². The summed E-state index contributed by atoms with van der Waals surface area (Å²) < 4.78 is 32.0. The van der Waals surface area contributed by atoms with Gasteiger partial charge in [0.25, 0.3) is 11.6 Å². The highest BCUT2D eigenvalue weighted by atomic mass is 19.1. The van der Waals surface area contributed by atoms with E-state index in [-0.39, 0.29) is 64.1 Å². The van der Waals surface area contributed by atoms with Gasteiger partial charge in [-0.15, -0.1) is 0 Å². The highest BCUT2D eigenvalue weighted by Crippen LogP contribution is 2.40. The van der Waals surface area contributed by atoms with Gasteiger partial charge >= 0.3 is 12.1 Å². The summed E-state index contributed by atoms with van der Waals surface area (Å²) in [5.74, 6) is -6.04. The second-order valence-corrected chi connectivity index (χ2v) is 17.2. The van der Waals surface area contributed by atoms with Crippen molar-refractivity contribution in [3.8, 4) is 0 Å². The van der Waals surface area contributed by atoms with Gasteiger partial charge < -0.3 is 45.6 Å². The van der Waals surface area contributed by atoms with Gasteiger partial charge in [-0.1, -0.05) is 91.0 Å². The minimum Gasteiger partial charge on any atom is -0.465 e. The molecule has 0 saturated carbocycles. The van der Waals surface area contributed by atoms with Gasteiger partial charge in [0.2, 0.25) is 17.7 Å². The molecule has 0 aliphatic rings. The van der Waals surface area contributed by atoms with Crippen LogP contribution < -0.4 is 26.6 Å². The predicted octanol–water partition coefficient (Wildman–Crippen LogP) is 5.94. The summed E-state index contributed by atoms with van der Waals surface area (Å²) in [5, 5.41) is 24.2. The number of nitrogens with one attached hydrogen (secondary N) is 5. The van der Waals surface area contributed by atoms with Crippen molar-refractivity contribution in [3.05, 3.63) is 147 Å². The van der Waals surface area contributed by atoms with Crippen LogP contribution in [0.25, 0.3) is 0 Å². The molecule has 5 amide bonds. The van der Waals surface area contributed by atoms with Crippen LogP contribution in [0.15, 0.2) is 109 Å². The molecule has 3 atom stereocenters. The Balaban J connectivity index is 1.67. The van der Waals surface area contributed by atoms with E-state index in [0.29, 0.717) is 6.07 Å². The first kappa shape index (κ1) is 55.1. The van der Waals surface area contributed by atoms with Crippen LogP contribution >= 0.6 is 0 Å². The van der Waals surface area contributed by atoms with Crippen molar-refractivity contribution in [1.29, 1.82) is 0 Å². The third kappa shape index (κ3) is 16.9. The number of amides is 5. The maximum atomic E-state index is 14.8. The minimum atomic E-state index is -1.56. The summed E-state index contributed by atoms with van der Waals surface area (Å²) in [6.07, 6.45) is -0.980. The Bertz CT molecular complexity index is 2320. The number of non-ortho nitro benzene ring substituents is 1. The molecule has 4 aromatic rings. The number of unbranched alkanes of at least 4 members (excludes halogenated alkanes) is 1. The normalized spacial score (nSPS) is 12.5. The minimum absolute atomic E-state index is 0.0476. The molecular weight excluding hydrogens is 908 g/mol. The topological polar surface area (TPSA) is 250 Å². The molecule has 0 saturated heterocycles. The summed E-state index contributed by atoms with van der Waals surface area (Å²) in [6.45, 7) is 7.43. The largest absolute Gasteiger partial charge is 0.465 e. The van der Waals surface area contributed by atoms with E-state index in [1.807, 2.05) is 91.0 Å². The number of nitrogens with zero attached hydrogens (tertiary/aromatic N) is 1. The molecule has 0 spiro atoms. The van der Waals surface area contributed by atoms with E-state index < -0.39 is 93.6 Å². The fourth-order valence-corrected chi connectivity index (χ4v) is 7.31. The quantitative estimate of drug-likeness (QED) is 0.0161. The molecular formula is C51H61FN6O12. The average molecular weight is 969 g/mol. The van der Waals surface area contributed by atoms with E-state index in [0.717, 1.165) is 28.8 Å². The Morgan fingerprint density at radius 2 is 1.21 bits per heavy atom. The number of esters is 1. The van der Waals surface area contributed by atoms with Crippen LogP contribution in [0, 0.1) is 15.9 Å². The summed E-state index contributed by atoms with van der Waals surface area (Å²) >= 11 is 0. The fourth-order valence-electron chi connectivity index (χ4n) is 7.31. The number of ether oxygens (including phenoxy) is 3. The van der Waals surface area contributed by atoms with Gasteiger partial charge in [-0.25, -0.2) is 9.18 Å². The molecule has 374 valence electrons. The molecule has 4 rings (SSSR count). The van der Waals surface area contributed by atoms with Crippen LogP contribution in [-0.2, 0) is 43.8 Å². The van der Waals surface area contributed by atoms with Crippen molar-refractivity contribution in [2.45, 2.75) is 102 Å². The first-order valence-corrected chi connectivity index (χ1v) is 22.9. The Morgan fingerprint density at radius 3 is 1.71 bits per heavy atom. The van der Waals surface area contributed by atoms with E-state index in [2.05, 4.69) is 26.6 Å². The van der Waals surface area contributed by atoms with Gasteiger partial charge in [0, 0.05) is 31.5 Å². The van der Waals surface area contributed by atoms with Crippen molar-refractivity contribution in [3.63, 3.8) is 0 Å². The number of ketones is 1. The zero-order valence-corrected chi connectivity index (χ0v) is 39.9. The smallest absolute Gasteiger partial charge is 0.407 e. The van der Waals surface area contributed by atoms with E-state index >= 15 is 0 Å². The molecule has 70 heavy (non-hydrogen) atoms. The van der Waals surface area contributed by atoms with Crippen molar-refractivity contribution < 1.29 is 57.1 Å². The van der Waals surface area contributed by atoms with Crippen LogP contribution in [0.3, 0.4) is 0 Å². The number of carbonyl (C=O) groups excluding carboxylic acids is 7. The van der Waals surface area contributed by atoms with Crippen molar-refractivity contribution in [2.75, 3.05) is 26.3 Å². The van der Waals surface area contributed by atoms with Gasteiger partial charge in [0.05, 0.1) is 23.7 Å². The Labute approximate surface area is 405 Å². The van der Waals surface area contributed by atoms with Gasteiger partial charge in [0.1, 0.15) is 47.5 Å². The van der Waals surface area contributed by atoms with E-state index in [9.17, 15) is 48.1 Å². The molecule has 0 aromatic heterocycles. The Hall–Kier alpha value is -7.54. The lowest BCUT2D eigenvalue weighted by atomic mass is 9.80. The number of halogens is 1. The first-order valence-electron chi connectivity index (χ1n) is 22.9. The van der Waals surface area contributed by atoms with Gasteiger partial charge in [-0.3, -0.25) is 34.1 Å². The highest BCUT2D eigenvalue weighted by Gasteiger charge is 2.38. The number of benzene rings is 4. The van der Waals surface area contributed by atoms with Crippen LogP contribution in [0.5, 0.6) is 0 Å². The molecule has 2 unspecified atom stereocenters. The monoisotopic (exact) mass is 968 g/mol. The second-order valence-electron chi connectivity index (χ2n) is 17.2. The summed E-state index contributed by atoms with van der Waals surface area (Å²) in [4.78, 5) is 103. The summed E-state index contributed by atoms with van der Waals surface area (Å²) in [6, 6.07) is 26.2. The zero-order chi connectivity index (χ0) is 51.3. The van der Waals surface area contributed by atoms with Gasteiger partial charge in [0.15, 0.2) is 0 Å². The van der Waals surface area contributed by atoms with Crippen molar-refractivity contribution in [1.82, 2.24) is 26.6 Å². The predicted molar refractivity (Wildman–Crippen MR) is 256 cm³/mol. The Kier molecular flexibility index (Phi) is 21.1. The fraction of sp³-hybridized carbons (Fsp3) is 0.392. The summed E-state index contributed by atoms with van der Waals surface area (Å²) in [7, 11) is 0. The summed E-state index contributed by atoms with van der Waals surface area (Å²) in [5.41, 5.74) is -1.00. The molecule has 19 heteroatoms. The number of rotatable bonds is 26. The standard InChI is InChI=1S/C51H61FN6O12/c1-6-68-44(60)33-54-46(62)43(29-31-69-51(35-18-10-7-11-19-35,36-20-12-8-13-21-36)37-22-14-9-15-23-37)57-47(63)41(24-16-17-30-53-49(65)70-50(3,4)5)56-48(64)42(28-25-34(2)59)55-45(61)39-32-38(58(66)67)26-27-40(39)52/h7-15,18-23,26-27,32,41-43H,6,16-17,24-25,28-31,33H2,1-5H3,(H,53,65)(H,54,62)(H,55,61)(H,56,64)(H,57,63)/t41?,42?,43-/m0/s1. The van der Waals surface area contributed by atoms with Crippen LogP contribution in [0.4, 0.5) is 14.9 Å². The molecule has 0 fully saturated rings. The number of Topliss-reactive ketones (excluding diaryl/α,β-unsaturated/α-hetero) is 1. The van der Waals surface area contributed by atoms with Gasteiger partial charge in [-0.05, 0) is 83.1 Å². The molecule has 0 radical (unpaired) electrons. The van der Waals surface area contributed by atoms with Gasteiger partial charge in [-0.2, -0.15) is 0 Å². The number of hydrogen-bond donors (Lipinski definition) is 5. The molecule has 0 aliphatic heterocycles. The highest BCUT2D eigenvalue weighted by molar-refractivity contribution is 5.99. The first-order chi connectivity index (χ1) is 33.3. The SMILES string of the molecule is CCOC(=O)CNC(=O)[C@H](CCOC(c1ccccc1)(c1ccccc1)c1ccccc1)NC(=O)C(CCCCNC(=O)OC(C)(C)C)NC(=O)C(CCC(C)=O)NC(=O)c1cc([N+](=O)[O-])ccc1F. The van der Waals surface area contributed by atoms with Crippen molar-refractivity contribution in [2.24, 2.45) is 0 Å². The lowest BCUT2D eigenvalue weighted by molar-refractivity contribution is -0.384. The molecule has 0 aliphatic carbocycles. The third-order valence-corrected chi connectivity index (χ3v) is 10.6. The maximum Gasteiger partial charge on any atom is 0.407 e. The molecule has 4 aromatic carbocycles. The number of carbonyl (C=O) groups is 7. The lowest BCUT2D eigenvalue weighted by Crippen LogP contribution is -2.57. The number of nitro groups is 1. The van der Waals surface area contributed by atoms with Crippen LogP contribution in [-0.4, -0.2) is 96.4 Å². The molecule has 0 bridgehead atoms. The molecule has 18 nitrogen and oxygen atoms in total. The number of hydrogen-bond acceptors (Lipinski definition) is 12. The van der Waals surface area contributed by atoms with E-state index in [4.69, 9.17) is 14.2 Å². The average Bonchev–Trinajstić information content (AvgIpc) is 3.32. The molecule has 0 heterocycles. The maximum absolute atomic E-state index is 14.8.